The van der Waals surface area contributed by atoms with Crippen LogP contribution in [-0.2, 0) is 16.0 Å². The molecule has 0 saturated carbocycles. The number of likely N-dealkylation sites (tertiary alicyclic amines) is 1. The Morgan fingerprint density at radius 3 is 2.66 bits per heavy atom. The van der Waals surface area contributed by atoms with Crippen LogP contribution in [0.25, 0.3) is 0 Å². The van der Waals surface area contributed by atoms with E-state index in [2.05, 4.69) is 11.7 Å². The minimum atomic E-state index is -3.39. The van der Waals surface area contributed by atoms with Crippen LogP contribution in [0.15, 0.2) is 36.4 Å². The molecule has 0 bridgehead atoms. The number of hydrogen-bond donors (Lipinski definition) is 1. The highest BCUT2D eigenvalue weighted by molar-refractivity contribution is 5.89. The summed E-state index contributed by atoms with van der Waals surface area (Å²) in [4.78, 5) is 24.8. The number of hydrogen-bond acceptors (Lipinski definition) is 4. The van der Waals surface area contributed by atoms with Gasteiger partial charge in [-0.05, 0) is 30.5 Å². The van der Waals surface area contributed by atoms with Crippen LogP contribution >= 0.6 is 0 Å². The number of benzene rings is 1. The molecule has 0 radical (unpaired) electrons. The predicted octanol–water partition coefficient (Wildman–Crippen LogP) is 3.75. The van der Waals surface area contributed by atoms with Gasteiger partial charge in [0, 0.05) is 13.0 Å². The van der Waals surface area contributed by atoms with Crippen LogP contribution in [0.3, 0.4) is 0 Å². The van der Waals surface area contributed by atoms with Crippen molar-refractivity contribution in [2.24, 2.45) is 0 Å². The van der Waals surface area contributed by atoms with Gasteiger partial charge in [0.2, 0.25) is 0 Å². The molecule has 1 heterocycles. The van der Waals surface area contributed by atoms with Gasteiger partial charge in [-0.25, -0.2) is 4.79 Å². The van der Waals surface area contributed by atoms with Crippen LogP contribution in [-0.4, -0.2) is 53.6 Å². The first-order valence-corrected chi connectivity index (χ1v) is 10.0. The molecule has 1 aromatic rings. The van der Waals surface area contributed by atoms with Gasteiger partial charge < -0.3 is 14.7 Å². The Bertz CT molecular complexity index is 718. The molecule has 1 amide bonds. The van der Waals surface area contributed by atoms with Crippen molar-refractivity contribution in [2.45, 2.75) is 63.5 Å². The summed E-state index contributed by atoms with van der Waals surface area (Å²) in [5.41, 5.74) is 1.22. The van der Waals surface area contributed by atoms with Crippen LogP contribution in [0, 0.1) is 0 Å². The van der Waals surface area contributed by atoms with E-state index in [4.69, 9.17) is 0 Å². The number of aliphatic hydroxyl groups is 1. The average molecular weight is 409 g/mol. The molecule has 160 valence electrons. The standard InChI is InChI=1S/C22H29F2NO4/c1-3-4-5-6-19(26)12-11-18-15-22(23,24)21(28)25(18)14-13-16-7-9-17(10-8-16)20(27)29-2/h7-12,18-19,26H,3-6,13-15H2,1-2H3/t18-,19+/m0/s1. The van der Waals surface area contributed by atoms with Crippen molar-refractivity contribution in [3.8, 4) is 0 Å². The largest absolute Gasteiger partial charge is 0.465 e. The van der Waals surface area contributed by atoms with E-state index >= 15 is 0 Å². The molecule has 0 spiro atoms. The van der Waals surface area contributed by atoms with Crippen LogP contribution in [0.5, 0.6) is 0 Å². The Morgan fingerprint density at radius 2 is 2.03 bits per heavy atom. The molecule has 7 heteroatoms. The Labute approximate surface area is 170 Å². The zero-order valence-electron chi connectivity index (χ0n) is 16.9. The summed E-state index contributed by atoms with van der Waals surface area (Å²) in [6, 6.07) is 5.89. The van der Waals surface area contributed by atoms with Crippen LogP contribution in [0.2, 0.25) is 0 Å². The molecule has 1 aliphatic rings. The highest BCUT2D eigenvalue weighted by atomic mass is 19.3. The van der Waals surface area contributed by atoms with Crippen LogP contribution in [0.4, 0.5) is 8.78 Å². The summed E-state index contributed by atoms with van der Waals surface area (Å²) in [5.74, 6) is -5.02. The lowest BCUT2D eigenvalue weighted by molar-refractivity contribution is -0.148. The lowest BCUT2D eigenvalue weighted by Crippen LogP contribution is -2.37. The molecule has 1 N–H and O–H groups in total. The van der Waals surface area contributed by atoms with Crippen molar-refractivity contribution in [1.29, 1.82) is 0 Å². The topological polar surface area (TPSA) is 66.8 Å². The van der Waals surface area contributed by atoms with Gasteiger partial charge in [-0.2, -0.15) is 8.78 Å². The van der Waals surface area contributed by atoms with Gasteiger partial charge in [0.15, 0.2) is 0 Å². The number of nitrogens with zero attached hydrogens (tertiary/aromatic N) is 1. The van der Waals surface area contributed by atoms with Gasteiger partial charge in [0.05, 0.1) is 24.8 Å². The first kappa shape index (κ1) is 23.0. The van der Waals surface area contributed by atoms with E-state index in [1.807, 2.05) is 0 Å². The Kier molecular flexibility index (Phi) is 8.32. The van der Waals surface area contributed by atoms with Crippen molar-refractivity contribution < 1.29 is 28.2 Å². The van der Waals surface area contributed by atoms with Crippen LogP contribution in [0.1, 0.15) is 54.9 Å². The second-order valence-corrected chi connectivity index (χ2v) is 7.36. The molecular formula is C22H29F2NO4. The number of amides is 1. The zero-order chi connectivity index (χ0) is 21.4. The lowest BCUT2D eigenvalue weighted by atomic mass is 10.1. The van der Waals surface area contributed by atoms with Crippen molar-refractivity contribution in [1.82, 2.24) is 4.90 Å². The number of alkyl halides is 2. The van der Waals surface area contributed by atoms with Crippen LogP contribution < -0.4 is 0 Å². The molecule has 29 heavy (non-hydrogen) atoms. The second-order valence-electron chi connectivity index (χ2n) is 7.36. The Balaban J connectivity index is 1.99. The van der Waals surface area contributed by atoms with Gasteiger partial charge in [-0.15, -0.1) is 0 Å². The van der Waals surface area contributed by atoms with Gasteiger partial charge in [-0.3, -0.25) is 4.79 Å². The third kappa shape index (κ3) is 6.35. The first-order valence-electron chi connectivity index (χ1n) is 10.0. The maximum absolute atomic E-state index is 14.0. The quantitative estimate of drug-likeness (QED) is 0.363. The fraction of sp³-hybridized carbons (Fsp3) is 0.545. The molecule has 1 saturated heterocycles. The number of aliphatic hydroxyl groups excluding tert-OH is 1. The molecule has 0 aromatic heterocycles. The highest BCUT2D eigenvalue weighted by Crippen LogP contribution is 2.34. The molecule has 2 atom stereocenters. The molecule has 0 unspecified atom stereocenters. The third-order valence-corrected chi connectivity index (χ3v) is 5.11. The predicted molar refractivity (Wildman–Crippen MR) is 106 cm³/mol. The average Bonchev–Trinajstić information content (AvgIpc) is 2.93. The summed E-state index contributed by atoms with van der Waals surface area (Å²) >= 11 is 0. The van der Waals surface area contributed by atoms with Crippen molar-refractivity contribution in [2.75, 3.05) is 13.7 Å². The number of carbonyl (C=O) groups excluding carboxylic acids is 2. The van der Waals surface area contributed by atoms with E-state index in [-0.39, 0.29) is 6.54 Å². The second kappa shape index (κ2) is 10.5. The summed E-state index contributed by atoms with van der Waals surface area (Å²) < 4.78 is 32.6. The molecular weight excluding hydrogens is 380 g/mol. The summed E-state index contributed by atoms with van der Waals surface area (Å²) in [6.07, 6.45) is 5.64. The number of esters is 1. The molecule has 1 aliphatic heterocycles. The van der Waals surface area contributed by atoms with E-state index in [0.717, 1.165) is 24.8 Å². The normalized spacial score (nSPS) is 19.7. The number of halogens is 2. The van der Waals surface area contributed by atoms with Gasteiger partial charge in [-0.1, -0.05) is 50.5 Å². The fourth-order valence-electron chi connectivity index (χ4n) is 3.39. The SMILES string of the molecule is CCCCC[C@@H](O)C=C[C@H]1CC(F)(F)C(=O)N1CCc1ccc(C(=O)OC)cc1. The van der Waals surface area contributed by atoms with E-state index < -0.39 is 36.4 Å². The maximum Gasteiger partial charge on any atom is 0.337 e. The lowest BCUT2D eigenvalue weighted by Gasteiger charge is -2.22. The number of rotatable bonds is 10. The minimum Gasteiger partial charge on any atom is -0.465 e. The monoisotopic (exact) mass is 409 g/mol. The van der Waals surface area contributed by atoms with Crippen molar-refractivity contribution in [3.63, 3.8) is 0 Å². The zero-order valence-corrected chi connectivity index (χ0v) is 16.9. The summed E-state index contributed by atoms with van der Waals surface area (Å²) in [5, 5.41) is 10.0. The Morgan fingerprint density at radius 1 is 1.34 bits per heavy atom. The number of ether oxygens (including phenoxy) is 1. The summed E-state index contributed by atoms with van der Waals surface area (Å²) in [7, 11) is 1.30. The molecule has 2 rings (SSSR count). The molecule has 1 fully saturated rings. The van der Waals surface area contributed by atoms with Crippen molar-refractivity contribution in [3.05, 3.63) is 47.5 Å². The number of carbonyl (C=O) groups is 2. The summed E-state index contributed by atoms with van der Waals surface area (Å²) in [6.45, 7) is 2.20. The smallest absolute Gasteiger partial charge is 0.337 e. The molecule has 0 aliphatic carbocycles. The first-order chi connectivity index (χ1) is 13.8. The van der Waals surface area contributed by atoms with E-state index in [0.29, 0.717) is 18.4 Å². The minimum absolute atomic E-state index is 0.132. The van der Waals surface area contributed by atoms with Gasteiger partial charge in [0.25, 0.3) is 5.91 Å². The van der Waals surface area contributed by atoms with Gasteiger partial charge >= 0.3 is 11.9 Å². The Hall–Kier alpha value is -2.28. The molecule has 1 aromatic carbocycles. The van der Waals surface area contributed by atoms with E-state index in [1.165, 1.54) is 24.2 Å². The fourth-order valence-corrected chi connectivity index (χ4v) is 3.39. The van der Waals surface area contributed by atoms with Crippen molar-refractivity contribution >= 4 is 11.9 Å². The number of unbranched alkanes of at least 4 members (excludes halogenated alkanes) is 2. The third-order valence-electron chi connectivity index (χ3n) is 5.11. The van der Waals surface area contributed by atoms with E-state index in [9.17, 15) is 23.5 Å². The molecule has 5 nitrogen and oxygen atoms in total. The number of methoxy groups -OCH3 is 1. The maximum atomic E-state index is 14.0. The highest BCUT2D eigenvalue weighted by Gasteiger charge is 2.52. The van der Waals surface area contributed by atoms with E-state index in [1.54, 1.807) is 24.3 Å². The van der Waals surface area contributed by atoms with Gasteiger partial charge in [0.1, 0.15) is 0 Å².